The first-order valence-electron chi connectivity index (χ1n) is 6.72. The lowest BCUT2D eigenvalue weighted by Crippen LogP contribution is -2.41. The van der Waals surface area contributed by atoms with Crippen LogP contribution in [0, 0.1) is 0 Å². The maximum absolute atomic E-state index is 6.34. The van der Waals surface area contributed by atoms with E-state index in [0.717, 1.165) is 6.61 Å². The fourth-order valence-corrected chi connectivity index (χ4v) is 4.21. The molecule has 0 saturated carbocycles. The number of nitrogens with two attached hydrogens (primary N) is 1. The molecule has 2 N–H and O–H groups in total. The minimum absolute atomic E-state index is 0.358. The number of thioether (sulfide) groups is 1. The third-order valence-electron chi connectivity index (χ3n) is 4.10. The largest absolute Gasteiger partial charge is 0.378 e. The van der Waals surface area contributed by atoms with Gasteiger partial charge in [0.25, 0.3) is 0 Å². The Hall–Kier alpha value is 0.270. The maximum atomic E-state index is 6.34. The van der Waals surface area contributed by atoms with Gasteiger partial charge in [-0.25, -0.2) is 0 Å². The van der Waals surface area contributed by atoms with Crippen molar-refractivity contribution in [2.24, 2.45) is 5.73 Å². The monoisotopic (exact) mass is 243 g/mol. The lowest BCUT2D eigenvalue weighted by molar-refractivity contribution is 0.101. The average molecular weight is 243 g/mol. The zero-order chi connectivity index (χ0) is 11.4. The molecule has 0 amide bonds. The van der Waals surface area contributed by atoms with E-state index in [-0.39, 0.29) is 0 Å². The van der Waals surface area contributed by atoms with Crippen LogP contribution in [0.3, 0.4) is 0 Å². The fourth-order valence-electron chi connectivity index (χ4n) is 2.84. The molecule has 0 aromatic rings. The van der Waals surface area contributed by atoms with Crippen LogP contribution in [0.5, 0.6) is 0 Å². The molecule has 2 heterocycles. The Labute approximate surface area is 104 Å². The van der Waals surface area contributed by atoms with Crippen molar-refractivity contribution in [3.63, 3.8) is 0 Å². The predicted molar refractivity (Wildman–Crippen MR) is 70.9 cm³/mol. The van der Waals surface area contributed by atoms with Gasteiger partial charge in [-0.05, 0) is 57.6 Å². The van der Waals surface area contributed by atoms with Gasteiger partial charge in [-0.15, -0.1) is 0 Å². The van der Waals surface area contributed by atoms with Gasteiger partial charge in [-0.3, -0.25) is 0 Å². The van der Waals surface area contributed by atoms with Crippen molar-refractivity contribution in [3.8, 4) is 0 Å². The standard InChI is InChI=1S/C13H25NOS/c1-13(8-4-10-16-13)12(14)7-2-5-11-6-3-9-15-11/h11-12H,2-10,14H2,1H3. The van der Waals surface area contributed by atoms with Crippen molar-refractivity contribution in [2.75, 3.05) is 12.4 Å². The van der Waals surface area contributed by atoms with Gasteiger partial charge in [-0.2, -0.15) is 11.8 Å². The zero-order valence-corrected chi connectivity index (χ0v) is 11.2. The van der Waals surface area contributed by atoms with Gasteiger partial charge in [0, 0.05) is 17.4 Å². The van der Waals surface area contributed by atoms with Gasteiger partial charge >= 0.3 is 0 Å². The van der Waals surface area contributed by atoms with E-state index < -0.39 is 0 Å². The Morgan fingerprint density at radius 2 is 2.38 bits per heavy atom. The summed E-state index contributed by atoms with van der Waals surface area (Å²) in [7, 11) is 0. The molecule has 3 atom stereocenters. The highest BCUT2D eigenvalue weighted by Gasteiger charge is 2.35. The molecular weight excluding hydrogens is 218 g/mol. The minimum Gasteiger partial charge on any atom is -0.378 e. The number of rotatable bonds is 5. The third kappa shape index (κ3) is 3.14. The van der Waals surface area contributed by atoms with E-state index in [1.807, 2.05) is 0 Å². The Bertz CT molecular complexity index is 210. The van der Waals surface area contributed by atoms with Crippen molar-refractivity contribution in [1.82, 2.24) is 0 Å². The first-order chi connectivity index (χ1) is 7.71. The Morgan fingerprint density at radius 3 is 3.00 bits per heavy atom. The molecule has 2 saturated heterocycles. The van der Waals surface area contributed by atoms with Gasteiger partial charge in [0.2, 0.25) is 0 Å². The molecule has 0 aromatic heterocycles. The van der Waals surface area contributed by atoms with E-state index in [1.54, 1.807) is 0 Å². The first-order valence-corrected chi connectivity index (χ1v) is 7.70. The molecule has 0 spiro atoms. The molecule has 2 nitrogen and oxygen atoms in total. The number of hydrogen-bond donors (Lipinski definition) is 1. The lowest BCUT2D eigenvalue weighted by Gasteiger charge is -2.30. The lowest BCUT2D eigenvalue weighted by atomic mass is 9.92. The highest BCUT2D eigenvalue weighted by Crippen LogP contribution is 2.41. The van der Waals surface area contributed by atoms with E-state index in [4.69, 9.17) is 10.5 Å². The van der Waals surface area contributed by atoms with Crippen LogP contribution in [0.1, 0.15) is 51.9 Å². The predicted octanol–water partition coefficient (Wildman–Crippen LogP) is 2.95. The van der Waals surface area contributed by atoms with Gasteiger partial charge in [0.05, 0.1) is 6.10 Å². The Kier molecular flexibility index (Phi) is 4.57. The first kappa shape index (κ1) is 12.7. The zero-order valence-electron chi connectivity index (χ0n) is 10.4. The summed E-state index contributed by atoms with van der Waals surface area (Å²) in [5.41, 5.74) is 6.34. The molecule has 2 aliphatic rings. The van der Waals surface area contributed by atoms with Crippen molar-refractivity contribution >= 4 is 11.8 Å². The van der Waals surface area contributed by atoms with Gasteiger partial charge in [-0.1, -0.05) is 0 Å². The van der Waals surface area contributed by atoms with Crippen molar-refractivity contribution in [1.29, 1.82) is 0 Å². The molecule has 2 rings (SSSR count). The van der Waals surface area contributed by atoms with E-state index in [1.165, 1.54) is 50.7 Å². The smallest absolute Gasteiger partial charge is 0.0576 e. The summed E-state index contributed by atoms with van der Waals surface area (Å²) in [4.78, 5) is 0. The summed E-state index contributed by atoms with van der Waals surface area (Å²) in [6, 6.07) is 0.376. The van der Waals surface area contributed by atoms with Crippen LogP contribution >= 0.6 is 11.8 Å². The second-order valence-corrected chi connectivity index (χ2v) is 7.07. The molecule has 0 radical (unpaired) electrons. The van der Waals surface area contributed by atoms with Crippen molar-refractivity contribution in [3.05, 3.63) is 0 Å². The van der Waals surface area contributed by atoms with Crippen LogP contribution in [-0.2, 0) is 4.74 Å². The van der Waals surface area contributed by atoms with Crippen LogP contribution in [0.25, 0.3) is 0 Å². The fraction of sp³-hybridized carbons (Fsp3) is 1.00. The molecule has 2 aliphatic heterocycles. The molecule has 0 bridgehead atoms. The van der Waals surface area contributed by atoms with Crippen LogP contribution in [0.15, 0.2) is 0 Å². The summed E-state index contributed by atoms with van der Waals surface area (Å²) in [6.07, 6.45) is 9.33. The number of hydrogen-bond acceptors (Lipinski definition) is 3. The minimum atomic E-state index is 0.358. The Morgan fingerprint density at radius 1 is 1.50 bits per heavy atom. The molecule has 2 fully saturated rings. The summed E-state index contributed by atoms with van der Waals surface area (Å²) in [5.74, 6) is 1.30. The normalized spacial score (nSPS) is 36.8. The van der Waals surface area contributed by atoms with Crippen LogP contribution in [0.2, 0.25) is 0 Å². The van der Waals surface area contributed by atoms with Gasteiger partial charge in [0.1, 0.15) is 0 Å². The second kappa shape index (κ2) is 5.74. The van der Waals surface area contributed by atoms with Crippen LogP contribution < -0.4 is 5.73 Å². The highest BCUT2D eigenvalue weighted by molar-refractivity contribution is 8.00. The number of ether oxygens (including phenoxy) is 1. The molecule has 3 heteroatoms. The van der Waals surface area contributed by atoms with E-state index >= 15 is 0 Å². The van der Waals surface area contributed by atoms with E-state index in [2.05, 4.69) is 18.7 Å². The van der Waals surface area contributed by atoms with Gasteiger partial charge < -0.3 is 10.5 Å². The average Bonchev–Trinajstić information content (AvgIpc) is 2.90. The van der Waals surface area contributed by atoms with Gasteiger partial charge in [0.15, 0.2) is 0 Å². The second-order valence-electron chi connectivity index (χ2n) is 5.44. The SMILES string of the molecule is CC1(C(N)CCCC2CCCO2)CCCS1. The maximum Gasteiger partial charge on any atom is 0.0576 e. The quantitative estimate of drug-likeness (QED) is 0.806. The topological polar surface area (TPSA) is 35.2 Å². The highest BCUT2D eigenvalue weighted by atomic mass is 32.2. The molecule has 3 unspecified atom stereocenters. The molecule has 94 valence electrons. The summed E-state index contributed by atoms with van der Waals surface area (Å²) >= 11 is 2.08. The van der Waals surface area contributed by atoms with Crippen LogP contribution in [-0.4, -0.2) is 29.3 Å². The molecule has 16 heavy (non-hydrogen) atoms. The Balaban J connectivity index is 1.64. The van der Waals surface area contributed by atoms with E-state index in [9.17, 15) is 0 Å². The third-order valence-corrected chi connectivity index (χ3v) is 5.76. The summed E-state index contributed by atoms with van der Waals surface area (Å²) in [6.45, 7) is 3.33. The molecular formula is C13H25NOS. The molecule has 0 aromatic carbocycles. The van der Waals surface area contributed by atoms with Crippen LogP contribution in [0.4, 0.5) is 0 Å². The summed E-state index contributed by atoms with van der Waals surface area (Å²) < 4.78 is 6.00. The van der Waals surface area contributed by atoms with Crippen molar-refractivity contribution < 1.29 is 4.74 Å². The van der Waals surface area contributed by atoms with E-state index in [0.29, 0.717) is 16.9 Å². The molecule has 0 aliphatic carbocycles. The summed E-state index contributed by atoms with van der Waals surface area (Å²) in [5, 5.41) is 0. The van der Waals surface area contributed by atoms with Crippen molar-refractivity contribution in [2.45, 2.75) is 68.8 Å².